The van der Waals surface area contributed by atoms with E-state index in [9.17, 15) is 14.4 Å². The summed E-state index contributed by atoms with van der Waals surface area (Å²) in [5, 5.41) is 13.4. The molecule has 196 valence electrons. The maximum absolute atomic E-state index is 13.7. The number of amides is 4. The zero-order chi connectivity index (χ0) is 26.0. The number of imide groups is 1. The molecule has 3 unspecified atom stereocenters. The van der Waals surface area contributed by atoms with Gasteiger partial charge in [0.05, 0.1) is 11.8 Å². The van der Waals surface area contributed by atoms with E-state index in [1.807, 2.05) is 23.6 Å². The van der Waals surface area contributed by atoms with Gasteiger partial charge in [-0.2, -0.15) is 5.10 Å². The lowest BCUT2D eigenvalue weighted by Gasteiger charge is -2.29. The molecule has 1 N–H and O–H groups in total. The average molecular weight is 539 g/mol. The molecular weight excluding hydrogens is 504 g/mol. The van der Waals surface area contributed by atoms with Gasteiger partial charge in [0.2, 0.25) is 0 Å². The number of hydrazone groups is 1. The Kier molecular flexibility index (Phi) is 7.62. The topological polar surface area (TPSA) is 82.1 Å². The van der Waals surface area contributed by atoms with E-state index in [1.165, 1.54) is 10.5 Å². The van der Waals surface area contributed by atoms with E-state index in [-0.39, 0.29) is 30.3 Å². The summed E-state index contributed by atoms with van der Waals surface area (Å²) in [6, 6.07) is 7.46. The summed E-state index contributed by atoms with van der Waals surface area (Å²) < 4.78 is 0. The Balaban J connectivity index is 1.38. The van der Waals surface area contributed by atoms with Crippen molar-refractivity contribution in [2.45, 2.75) is 76.8 Å². The maximum Gasteiger partial charge on any atom is 0.325 e. The van der Waals surface area contributed by atoms with Gasteiger partial charge in [0, 0.05) is 15.7 Å². The number of carbonyl (C=O) groups is 3. The van der Waals surface area contributed by atoms with Crippen LogP contribution in [0.25, 0.3) is 6.08 Å². The number of hydrogen-bond acceptors (Lipinski definition) is 6. The molecule has 4 amide bonds. The largest absolute Gasteiger partial charge is 0.325 e. The number of thiophene rings is 2. The summed E-state index contributed by atoms with van der Waals surface area (Å²) in [7, 11) is 0. The van der Waals surface area contributed by atoms with E-state index in [1.54, 1.807) is 34.6 Å². The molecule has 2 aromatic heterocycles. The van der Waals surface area contributed by atoms with Crippen LogP contribution in [0.15, 0.2) is 45.7 Å². The molecule has 0 radical (unpaired) electrons. The fraction of sp³-hybridized carbons (Fsp3) is 0.500. The number of hydrogen-bond donors (Lipinski definition) is 1. The van der Waals surface area contributed by atoms with Crippen molar-refractivity contribution in [2.75, 3.05) is 6.54 Å². The Hall–Kier alpha value is -2.78. The predicted octanol–water partition coefficient (Wildman–Crippen LogP) is 6.21. The van der Waals surface area contributed by atoms with Crippen LogP contribution in [0.3, 0.4) is 0 Å². The van der Waals surface area contributed by atoms with E-state index in [0.29, 0.717) is 6.42 Å². The Labute approximate surface area is 226 Å². The Morgan fingerprint density at radius 3 is 2.73 bits per heavy atom. The fourth-order valence-corrected chi connectivity index (χ4v) is 7.22. The summed E-state index contributed by atoms with van der Waals surface area (Å²) in [6.07, 6.45) is 9.76. The number of fused-ring (bicyclic) bond motifs is 1. The monoisotopic (exact) mass is 538 g/mol. The molecule has 4 heterocycles. The summed E-state index contributed by atoms with van der Waals surface area (Å²) >= 11 is 3.30. The molecule has 2 aromatic rings. The first-order valence-corrected chi connectivity index (χ1v) is 15.0. The number of carbonyl (C=O) groups excluding carboxylic acids is 3. The molecule has 5 rings (SSSR count). The molecular formula is C28H34N4O3S2. The van der Waals surface area contributed by atoms with Crippen molar-refractivity contribution in [2.24, 2.45) is 11.0 Å². The smallest absolute Gasteiger partial charge is 0.323 e. The van der Waals surface area contributed by atoms with Crippen LogP contribution in [-0.2, 0) is 9.59 Å². The minimum Gasteiger partial charge on any atom is -0.323 e. The minimum atomic E-state index is -0.959. The molecule has 0 aromatic carbocycles. The van der Waals surface area contributed by atoms with Crippen LogP contribution in [-0.4, -0.2) is 45.5 Å². The molecule has 1 saturated heterocycles. The fourth-order valence-electron chi connectivity index (χ4n) is 5.66. The van der Waals surface area contributed by atoms with Gasteiger partial charge < -0.3 is 5.32 Å². The first kappa shape index (κ1) is 25.9. The molecule has 7 nitrogen and oxygen atoms in total. The Bertz CT molecular complexity index is 1200. The van der Waals surface area contributed by atoms with Crippen LogP contribution in [0, 0.1) is 5.92 Å². The zero-order valence-electron chi connectivity index (χ0n) is 21.4. The summed E-state index contributed by atoms with van der Waals surface area (Å²) in [4.78, 5) is 43.1. The quantitative estimate of drug-likeness (QED) is 0.304. The van der Waals surface area contributed by atoms with Crippen molar-refractivity contribution >= 4 is 52.3 Å². The number of unbranched alkanes of at least 4 members (excludes halogenated alkanes) is 3. The minimum absolute atomic E-state index is 0.106. The zero-order valence-corrected chi connectivity index (χ0v) is 23.1. The average Bonchev–Trinajstić information content (AvgIpc) is 3.67. The lowest BCUT2D eigenvalue weighted by Crippen LogP contribution is -2.45. The lowest BCUT2D eigenvalue weighted by molar-refractivity contribution is -0.140. The third-order valence-electron chi connectivity index (χ3n) is 7.62. The highest BCUT2D eigenvalue weighted by Crippen LogP contribution is 2.45. The van der Waals surface area contributed by atoms with Gasteiger partial charge in [0.25, 0.3) is 11.8 Å². The highest BCUT2D eigenvalue weighted by Gasteiger charge is 2.50. The van der Waals surface area contributed by atoms with Crippen LogP contribution in [0.1, 0.15) is 81.0 Å². The van der Waals surface area contributed by atoms with Crippen molar-refractivity contribution in [1.29, 1.82) is 0 Å². The second-order valence-corrected chi connectivity index (χ2v) is 12.3. The van der Waals surface area contributed by atoms with Crippen LogP contribution in [0.4, 0.5) is 4.79 Å². The third kappa shape index (κ3) is 5.16. The molecule has 3 aliphatic rings. The summed E-state index contributed by atoms with van der Waals surface area (Å²) in [5.41, 5.74) is 1.18. The first-order chi connectivity index (χ1) is 17.9. The SMILES string of the molecule is CCCCCCC1(C)NC(=O)N(CC(=O)N2N=C3C(=Cc4cccs4)CCCC3C2c2cccs2)C1=O. The van der Waals surface area contributed by atoms with Crippen molar-refractivity contribution < 1.29 is 14.4 Å². The van der Waals surface area contributed by atoms with Crippen molar-refractivity contribution in [3.63, 3.8) is 0 Å². The molecule has 2 fully saturated rings. The van der Waals surface area contributed by atoms with Gasteiger partial charge in [0.1, 0.15) is 12.1 Å². The third-order valence-corrected chi connectivity index (χ3v) is 9.38. The van der Waals surface area contributed by atoms with E-state index in [4.69, 9.17) is 5.10 Å². The molecule has 37 heavy (non-hydrogen) atoms. The molecule has 3 atom stereocenters. The molecule has 2 aliphatic heterocycles. The van der Waals surface area contributed by atoms with Gasteiger partial charge in [-0.25, -0.2) is 9.80 Å². The van der Waals surface area contributed by atoms with E-state index in [0.717, 1.165) is 60.4 Å². The highest BCUT2D eigenvalue weighted by atomic mass is 32.1. The van der Waals surface area contributed by atoms with E-state index in [2.05, 4.69) is 29.8 Å². The van der Waals surface area contributed by atoms with Gasteiger partial charge in [-0.1, -0.05) is 44.7 Å². The van der Waals surface area contributed by atoms with Crippen LogP contribution in [0.2, 0.25) is 0 Å². The number of nitrogens with zero attached hydrogens (tertiary/aromatic N) is 3. The maximum atomic E-state index is 13.7. The van der Waals surface area contributed by atoms with E-state index >= 15 is 0 Å². The van der Waals surface area contributed by atoms with Gasteiger partial charge in [-0.05, 0) is 67.1 Å². The number of nitrogens with one attached hydrogen (secondary N) is 1. The number of rotatable bonds is 9. The van der Waals surface area contributed by atoms with Gasteiger partial charge in [0.15, 0.2) is 0 Å². The molecule has 9 heteroatoms. The second-order valence-electron chi connectivity index (χ2n) is 10.3. The number of allylic oxidation sites excluding steroid dienone is 1. The summed E-state index contributed by atoms with van der Waals surface area (Å²) in [5.74, 6) is -0.540. The predicted molar refractivity (Wildman–Crippen MR) is 148 cm³/mol. The van der Waals surface area contributed by atoms with Gasteiger partial charge in [-0.3, -0.25) is 14.5 Å². The molecule has 1 saturated carbocycles. The van der Waals surface area contributed by atoms with Crippen LogP contribution >= 0.6 is 22.7 Å². The Morgan fingerprint density at radius 2 is 2.00 bits per heavy atom. The van der Waals surface area contributed by atoms with Crippen LogP contribution in [0.5, 0.6) is 0 Å². The second kappa shape index (κ2) is 10.9. The van der Waals surface area contributed by atoms with Gasteiger partial charge >= 0.3 is 6.03 Å². The van der Waals surface area contributed by atoms with Crippen molar-refractivity contribution in [3.05, 3.63) is 50.4 Å². The molecule has 0 bridgehead atoms. The molecule has 1 aliphatic carbocycles. The van der Waals surface area contributed by atoms with E-state index < -0.39 is 11.6 Å². The Morgan fingerprint density at radius 1 is 1.19 bits per heavy atom. The standard InChI is InChI=1S/C28H34N4O3S2/c1-3-4-5-6-14-28(2)26(34)31(27(35)29-28)18-23(33)32-25(22-13-9-16-37-22)21-12-7-10-19(24(21)30-32)17-20-11-8-15-36-20/h8-9,11,13,15-17,21,25H,3-7,10,12,14,18H2,1-2H3,(H,29,35). The van der Waals surface area contributed by atoms with Crippen LogP contribution < -0.4 is 5.32 Å². The first-order valence-electron chi connectivity index (χ1n) is 13.2. The van der Waals surface area contributed by atoms with Crippen molar-refractivity contribution in [1.82, 2.24) is 15.2 Å². The highest BCUT2D eigenvalue weighted by molar-refractivity contribution is 7.11. The van der Waals surface area contributed by atoms with Gasteiger partial charge in [-0.15, -0.1) is 22.7 Å². The summed E-state index contributed by atoms with van der Waals surface area (Å²) in [6.45, 7) is 3.61. The normalized spacial score (nSPS) is 26.5. The number of urea groups is 1. The molecule has 0 spiro atoms. The van der Waals surface area contributed by atoms with Crippen molar-refractivity contribution in [3.8, 4) is 0 Å². The lowest BCUT2D eigenvalue weighted by atomic mass is 9.79.